The Labute approximate surface area is 437 Å². The Bertz CT molecular complexity index is 1910. The highest BCUT2D eigenvalue weighted by Crippen LogP contribution is 2.67. The summed E-state index contributed by atoms with van der Waals surface area (Å²) in [5, 5.41) is 130. The van der Waals surface area contributed by atoms with E-state index < -0.39 is 160 Å². The van der Waals surface area contributed by atoms with Crippen molar-refractivity contribution in [2.45, 2.75) is 247 Å². The smallest absolute Gasteiger partial charge is 0.187 e. The number of Topliss-reactive ketones (excluding diaryl/α,β-unsaturated/α-hetero) is 1. The number of ketones is 1. The van der Waals surface area contributed by atoms with Crippen LogP contribution in [-0.4, -0.2) is 234 Å². The molecule has 9 fully saturated rings. The molecule has 5 heterocycles. The fraction of sp³-hybridized carbons (Fsp3) is 0.981. The van der Waals surface area contributed by atoms with E-state index >= 15 is 0 Å². The zero-order chi connectivity index (χ0) is 54.2. The summed E-state index contributed by atoms with van der Waals surface area (Å²) in [6.07, 6.45) is -26.7. The maximum atomic E-state index is 14.6. The maximum Gasteiger partial charge on any atom is 0.187 e. The zero-order valence-corrected chi connectivity index (χ0v) is 43.9. The van der Waals surface area contributed by atoms with Gasteiger partial charge in [-0.1, -0.05) is 27.7 Å². The maximum absolute atomic E-state index is 14.6. The number of aliphatic hydroxyl groups excluding tert-OH is 12. The van der Waals surface area contributed by atoms with Crippen LogP contribution in [0, 0.1) is 46.3 Å². The third-order valence-electron chi connectivity index (χ3n) is 19.8. The van der Waals surface area contributed by atoms with Crippen LogP contribution in [0.25, 0.3) is 0 Å². The molecule has 9 rings (SSSR count). The lowest BCUT2D eigenvalue weighted by atomic mass is 9.44. The first-order valence-electron chi connectivity index (χ1n) is 27.6. The van der Waals surface area contributed by atoms with Crippen LogP contribution in [0.15, 0.2) is 0 Å². The molecule has 12 N–H and O–H groups in total. The van der Waals surface area contributed by atoms with Crippen molar-refractivity contribution in [1.29, 1.82) is 0 Å². The molecular weight excluding hydrogens is 993 g/mol. The monoisotopic (exact) mass is 1080 g/mol. The van der Waals surface area contributed by atoms with E-state index in [0.29, 0.717) is 43.5 Å². The fourth-order valence-corrected chi connectivity index (χ4v) is 15.1. The molecule has 0 aromatic rings. The van der Waals surface area contributed by atoms with Gasteiger partial charge < -0.3 is 109 Å². The van der Waals surface area contributed by atoms with Gasteiger partial charge in [-0.05, 0) is 106 Å². The Morgan fingerprint density at radius 2 is 1.17 bits per heavy atom. The summed E-state index contributed by atoms with van der Waals surface area (Å²) in [5.41, 5.74) is -0.628. The third kappa shape index (κ3) is 10.7. The number of ether oxygens (including phenoxy) is 10. The van der Waals surface area contributed by atoms with Gasteiger partial charge in [0.1, 0.15) is 97.3 Å². The number of carbonyl (C=O) groups excluding carboxylic acids is 1. The Hall–Kier alpha value is -1.21. The molecule has 5 aliphatic heterocycles. The van der Waals surface area contributed by atoms with E-state index in [2.05, 4.69) is 34.6 Å². The summed E-state index contributed by atoms with van der Waals surface area (Å²) in [5.74, 6) is 1.18. The van der Waals surface area contributed by atoms with Gasteiger partial charge in [0.25, 0.3) is 0 Å². The molecule has 4 aliphatic carbocycles. The lowest BCUT2D eigenvalue weighted by molar-refractivity contribution is -0.398. The van der Waals surface area contributed by atoms with Gasteiger partial charge in [0.05, 0.1) is 44.7 Å². The van der Waals surface area contributed by atoms with Crippen LogP contribution in [0.5, 0.6) is 0 Å². The molecule has 432 valence electrons. The Kier molecular flexibility index (Phi) is 17.9. The van der Waals surface area contributed by atoms with E-state index in [1.165, 1.54) is 6.92 Å². The second-order valence-electron chi connectivity index (χ2n) is 24.2. The molecule has 31 atom stereocenters. The molecule has 0 amide bonds. The van der Waals surface area contributed by atoms with E-state index in [4.69, 9.17) is 47.4 Å². The summed E-state index contributed by atoms with van der Waals surface area (Å²) in [4.78, 5) is 14.6. The molecule has 5 saturated heterocycles. The van der Waals surface area contributed by atoms with Crippen LogP contribution in [0.2, 0.25) is 0 Å². The molecule has 0 spiro atoms. The number of hydrogen-bond acceptors (Lipinski definition) is 23. The van der Waals surface area contributed by atoms with Crippen LogP contribution in [0.1, 0.15) is 106 Å². The SMILES string of the molecule is CC[C@H]1[C@@H](O[C@@]2(C)CC[C@@H](C)CO2)C[C@H]2[C@@H]3CC[C@H]4C[C@@H](O[C@@H]5OC(CO)[C@H](O[C@@H]6OC(CO)[C@@H](O)[C@H](O)C6O[C@@H]6OC(CO)[C@@H](O)[C@H](O[C@@H]7OC(C)[C@H](O)C(O)[C@@H]7O)C6O)[C@H](O)C5O)CC[C@]4(C)[C@H]3CC(=O)[C@@]21C. The standard InChI is InChI=1S/C52H86O23/c1-7-26-29(75-51(5)13-10-21(2)20-66-51)15-28-25-9-8-23-14-24(11-12-50(23,4)27(25)16-33(56)52(26,28)6)68-47-41(64)39(62)43(32(19-55)71-47)72-49-45(38(61)35(58)30(17-53)70-49)74-48-42(65)44(36(59)31(18-54)69-48)73-46-40(63)37(60)34(57)22(3)67-46/h21-32,34-49,53-55,57-65H,7-20H2,1-6H3/t21-,22?,23+,24+,25-,26+,27+,28+,29+,30?,31?,32?,34+,35-,36-,37?,38+,39-,40+,41?,42?,43+,44+,45?,46+,47-,48+,49+,50+,51+,52-/m1/s1. The van der Waals surface area contributed by atoms with E-state index in [-0.39, 0.29) is 35.2 Å². The first kappa shape index (κ1) is 58.4. The first-order chi connectivity index (χ1) is 35.5. The number of rotatable bonds is 14. The van der Waals surface area contributed by atoms with Gasteiger partial charge >= 0.3 is 0 Å². The molecule has 0 aromatic carbocycles. The highest BCUT2D eigenvalue weighted by Gasteiger charge is 2.66. The predicted molar refractivity (Wildman–Crippen MR) is 254 cm³/mol. The number of fused-ring (bicyclic) bond motifs is 5. The van der Waals surface area contributed by atoms with Gasteiger partial charge in [0.2, 0.25) is 0 Å². The molecule has 0 radical (unpaired) electrons. The van der Waals surface area contributed by atoms with Crippen LogP contribution < -0.4 is 0 Å². The summed E-state index contributed by atoms with van der Waals surface area (Å²) in [6.45, 7) is 10.5. The van der Waals surface area contributed by atoms with E-state index in [1.807, 2.05) is 0 Å². The van der Waals surface area contributed by atoms with Crippen molar-refractivity contribution in [3.8, 4) is 0 Å². The van der Waals surface area contributed by atoms with Gasteiger partial charge in [-0.2, -0.15) is 0 Å². The summed E-state index contributed by atoms with van der Waals surface area (Å²) in [7, 11) is 0. The van der Waals surface area contributed by atoms with Crippen molar-refractivity contribution in [2.75, 3.05) is 26.4 Å². The average molecular weight is 1080 g/mol. The van der Waals surface area contributed by atoms with Crippen molar-refractivity contribution in [2.24, 2.45) is 46.3 Å². The topological polar surface area (TPSA) is 352 Å². The minimum atomic E-state index is -2.02. The molecule has 23 nitrogen and oxygen atoms in total. The van der Waals surface area contributed by atoms with E-state index in [0.717, 1.165) is 44.9 Å². The molecule has 23 heteroatoms. The lowest BCUT2D eigenvalue weighted by Crippen LogP contribution is -2.68. The normalized spacial score (nSPS) is 55.5. The number of aliphatic hydroxyl groups is 12. The van der Waals surface area contributed by atoms with Crippen molar-refractivity contribution in [1.82, 2.24) is 0 Å². The quantitative estimate of drug-likeness (QED) is 0.0844. The second kappa shape index (κ2) is 23.0. The number of carbonyl (C=O) groups is 1. The van der Waals surface area contributed by atoms with Crippen LogP contribution in [-0.2, 0) is 52.2 Å². The van der Waals surface area contributed by atoms with Crippen molar-refractivity contribution < 1.29 is 113 Å². The zero-order valence-electron chi connectivity index (χ0n) is 43.9. The third-order valence-corrected chi connectivity index (χ3v) is 19.8. The van der Waals surface area contributed by atoms with Crippen molar-refractivity contribution in [3.63, 3.8) is 0 Å². The second-order valence-corrected chi connectivity index (χ2v) is 24.2. The summed E-state index contributed by atoms with van der Waals surface area (Å²) < 4.78 is 60.5. The highest BCUT2D eigenvalue weighted by atomic mass is 16.8. The summed E-state index contributed by atoms with van der Waals surface area (Å²) in [6, 6.07) is 0. The summed E-state index contributed by atoms with van der Waals surface area (Å²) >= 11 is 0. The minimum Gasteiger partial charge on any atom is -0.394 e. The molecule has 8 unspecified atom stereocenters. The van der Waals surface area contributed by atoms with Gasteiger partial charge in [-0.3, -0.25) is 4.79 Å². The van der Waals surface area contributed by atoms with Gasteiger partial charge in [0, 0.05) is 18.3 Å². The molecule has 4 saturated carbocycles. The van der Waals surface area contributed by atoms with E-state index in [9.17, 15) is 66.1 Å². The van der Waals surface area contributed by atoms with Gasteiger partial charge in [-0.25, -0.2) is 0 Å². The molecular formula is C52H86O23. The van der Waals surface area contributed by atoms with Crippen molar-refractivity contribution in [3.05, 3.63) is 0 Å². The molecule has 75 heavy (non-hydrogen) atoms. The Morgan fingerprint density at radius 3 is 1.84 bits per heavy atom. The largest absolute Gasteiger partial charge is 0.394 e. The molecule has 9 aliphatic rings. The number of hydrogen-bond donors (Lipinski definition) is 12. The lowest BCUT2D eigenvalue weighted by Gasteiger charge is -2.60. The highest BCUT2D eigenvalue weighted by molar-refractivity contribution is 5.87. The first-order valence-corrected chi connectivity index (χ1v) is 27.6. The van der Waals surface area contributed by atoms with Crippen LogP contribution >= 0.6 is 0 Å². The van der Waals surface area contributed by atoms with Gasteiger partial charge in [0.15, 0.2) is 30.9 Å². The Morgan fingerprint density at radius 1 is 0.573 bits per heavy atom. The van der Waals surface area contributed by atoms with Crippen molar-refractivity contribution >= 4 is 5.78 Å². The van der Waals surface area contributed by atoms with Crippen LogP contribution in [0.4, 0.5) is 0 Å². The average Bonchev–Trinajstić information content (AvgIpc) is 3.70. The minimum absolute atomic E-state index is 0.0674. The van der Waals surface area contributed by atoms with Gasteiger partial charge in [-0.15, -0.1) is 0 Å². The van der Waals surface area contributed by atoms with Crippen LogP contribution in [0.3, 0.4) is 0 Å². The molecule has 0 bridgehead atoms. The Balaban J connectivity index is 0.849. The predicted octanol–water partition coefficient (Wildman–Crippen LogP) is -1.92. The molecule has 0 aromatic heterocycles. The van der Waals surface area contributed by atoms with E-state index in [1.54, 1.807) is 0 Å². The fourth-order valence-electron chi connectivity index (χ4n) is 15.1.